The molecule has 1 rings (SSSR count). The van der Waals surface area contributed by atoms with Gasteiger partial charge in [0.2, 0.25) is 0 Å². The Bertz CT molecular complexity index is 149. The summed E-state index contributed by atoms with van der Waals surface area (Å²) in [6.45, 7) is 4.19. The van der Waals surface area contributed by atoms with Gasteiger partial charge in [0.1, 0.15) is 0 Å². The highest BCUT2D eigenvalue weighted by Crippen LogP contribution is 1.99. The van der Waals surface area contributed by atoms with Crippen molar-refractivity contribution in [2.45, 2.75) is 19.4 Å². The molecule has 1 heterocycles. The monoisotopic (exact) mass is 158 g/mol. The van der Waals surface area contributed by atoms with Crippen molar-refractivity contribution in [3.05, 3.63) is 0 Å². The van der Waals surface area contributed by atoms with Crippen molar-refractivity contribution in [3.8, 4) is 0 Å². The van der Waals surface area contributed by atoms with E-state index in [4.69, 9.17) is 5.11 Å². The van der Waals surface area contributed by atoms with Crippen LogP contribution in [-0.4, -0.2) is 41.8 Å². The lowest BCUT2D eigenvalue weighted by atomic mass is 10.3. The Morgan fingerprint density at radius 1 is 1.73 bits per heavy atom. The highest BCUT2D eigenvalue weighted by molar-refractivity contribution is 5.64. The minimum Gasteiger partial charge on any atom is -0.465 e. The maximum absolute atomic E-state index is 10.6. The molecule has 1 atom stereocenters. The lowest BCUT2D eigenvalue weighted by Crippen LogP contribution is -2.38. The molecule has 1 aliphatic heterocycles. The molecule has 1 fully saturated rings. The predicted octanol–water partition coefficient (Wildman–Crippen LogP) is 0.348. The van der Waals surface area contributed by atoms with E-state index in [1.807, 2.05) is 6.92 Å². The average Bonchev–Trinajstić information content (AvgIpc) is 2.13. The maximum atomic E-state index is 10.6. The van der Waals surface area contributed by atoms with Gasteiger partial charge in [-0.25, -0.2) is 4.79 Å². The fraction of sp³-hybridized carbons (Fsp3) is 0.857. The van der Waals surface area contributed by atoms with E-state index in [0.29, 0.717) is 13.1 Å². The second-order valence-corrected chi connectivity index (χ2v) is 2.94. The molecule has 0 aliphatic carbocycles. The normalized spacial score (nSPS) is 26.3. The van der Waals surface area contributed by atoms with Crippen LogP contribution >= 0.6 is 0 Å². The Morgan fingerprint density at radius 3 is 3.09 bits per heavy atom. The summed E-state index contributed by atoms with van der Waals surface area (Å²) in [6, 6.07) is 0.286. The number of carbonyl (C=O) groups is 1. The van der Waals surface area contributed by atoms with E-state index in [1.54, 1.807) is 0 Å². The van der Waals surface area contributed by atoms with Gasteiger partial charge < -0.3 is 15.3 Å². The van der Waals surface area contributed by atoms with Crippen LogP contribution < -0.4 is 5.32 Å². The van der Waals surface area contributed by atoms with Crippen LogP contribution in [0, 0.1) is 0 Å². The van der Waals surface area contributed by atoms with Crippen molar-refractivity contribution in [3.63, 3.8) is 0 Å². The molecule has 1 amide bonds. The first kappa shape index (κ1) is 8.33. The molecule has 64 valence electrons. The Morgan fingerprint density at radius 2 is 2.45 bits per heavy atom. The number of nitrogens with zero attached hydrogens (tertiary/aromatic N) is 1. The summed E-state index contributed by atoms with van der Waals surface area (Å²) in [7, 11) is 0. The fourth-order valence-corrected chi connectivity index (χ4v) is 1.28. The largest absolute Gasteiger partial charge is 0.465 e. The Balaban J connectivity index is 2.45. The zero-order valence-corrected chi connectivity index (χ0v) is 6.71. The molecule has 2 N–H and O–H groups in total. The first-order chi connectivity index (χ1) is 5.20. The third kappa shape index (κ3) is 2.38. The maximum Gasteiger partial charge on any atom is 0.407 e. The molecule has 0 radical (unpaired) electrons. The van der Waals surface area contributed by atoms with Crippen LogP contribution in [0.3, 0.4) is 0 Å². The van der Waals surface area contributed by atoms with Crippen molar-refractivity contribution < 1.29 is 9.90 Å². The van der Waals surface area contributed by atoms with Gasteiger partial charge in [0, 0.05) is 19.1 Å². The summed E-state index contributed by atoms with van der Waals surface area (Å²) in [5, 5.41) is 11.9. The predicted molar refractivity (Wildman–Crippen MR) is 41.7 cm³/mol. The Labute approximate surface area is 66.2 Å². The first-order valence-electron chi connectivity index (χ1n) is 3.91. The summed E-state index contributed by atoms with van der Waals surface area (Å²) in [6.07, 6.45) is 0.108. The highest BCUT2D eigenvalue weighted by Gasteiger charge is 2.17. The van der Waals surface area contributed by atoms with Crippen LogP contribution in [0.15, 0.2) is 0 Å². The van der Waals surface area contributed by atoms with Gasteiger partial charge in [-0.15, -0.1) is 0 Å². The van der Waals surface area contributed by atoms with Gasteiger partial charge in [-0.3, -0.25) is 0 Å². The molecule has 0 saturated carbocycles. The van der Waals surface area contributed by atoms with E-state index in [2.05, 4.69) is 5.32 Å². The van der Waals surface area contributed by atoms with E-state index in [9.17, 15) is 4.79 Å². The van der Waals surface area contributed by atoms with Crippen molar-refractivity contribution in [1.29, 1.82) is 0 Å². The van der Waals surface area contributed by atoms with E-state index in [-0.39, 0.29) is 6.04 Å². The summed E-state index contributed by atoms with van der Waals surface area (Å²) >= 11 is 0. The lowest BCUT2D eigenvalue weighted by Gasteiger charge is -2.18. The molecular formula is C7H14N2O2. The molecule has 0 aromatic carbocycles. The molecule has 0 bridgehead atoms. The smallest absolute Gasteiger partial charge is 0.407 e. The summed E-state index contributed by atoms with van der Waals surface area (Å²) in [4.78, 5) is 12.0. The minimum atomic E-state index is -0.805. The molecule has 1 aliphatic rings. The molecular weight excluding hydrogens is 144 g/mol. The average molecular weight is 158 g/mol. The second-order valence-electron chi connectivity index (χ2n) is 2.94. The number of rotatable bonds is 0. The van der Waals surface area contributed by atoms with Gasteiger partial charge in [0.25, 0.3) is 0 Å². The molecule has 11 heavy (non-hydrogen) atoms. The van der Waals surface area contributed by atoms with E-state index < -0.39 is 6.09 Å². The molecule has 0 aromatic rings. The second kappa shape index (κ2) is 3.57. The standard InChI is InChI=1S/C7H14N2O2/c1-6-5-9(7(10)11)4-2-3-8-6/h6,8H,2-5H2,1H3,(H,10,11). The van der Waals surface area contributed by atoms with E-state index in [0.717, 1.165) is 13.0 Å². The van der Waals surface area contributed by atoms with Crippen LogP contribution in [-0.2, 0) is 0 Å². The van der Waals surface area contributed by atoms with Crippen molar-refractivity contribution in [1.82, 2.24) is 10.2 Å². The van der Waals surface area contributed by atoms with E-state index >= 15 is 0 Å². The van der Waals surface area contributed by atoms with Gasteiger partial charge in [-0.05, 0) is 19.9 Å². The quantitative estimate of drug-likeness (QED) is 0.534. The van der Waals surface area contributed by atoms with Crippen molar-refractivity contribution in [2.75, 3.05) is 19.6 Å². The molecule has 0 spiro atoms. The third-order valence-electron chi connectivity index (χ3n) is 1.86. The fourth-order valence-electron chi connectivity index (χ4n) is 1.28. The number of hydrogen-bond donors (Lipinski definition) is 2. The van der Waals surface area contributed by atoms with Gasteiger partial charge in [0.05, 0.1) is 0 Å². The van der Waals surface area contributed by atoms with E-state index in [1.165, 1.54) is 4.90 Å². The number of nitrogens with one attached hydrogen (secondary N) is 1. The Kier molecular flexibility index (Phi) is 2.70. The van der Waals surface area contributed by atoms with Crippen LogP contribution in [0.2, 0.25) is 0 Å². The lowest BCUT2D eigenvalue weighted by molar-refractivity contribution is 0.145. The van der Waals surface area contributed by atoms with Crippen molar-refractivity contribution in [2.24, 2.45) is 0 Å². The molecule has 1 unspecified atom stereocenters. The topological polar surface area (TPSA) is 52.6 Å². The van der Waals surface area contributed by atoms with Crippen LogP contribution in [0.25, 0.3) is 0 Å². The molecule has 0 aromatic heterocycles. The first-order valence-corrected chi connectivity index (χ1v) is 3.91. The molecule has 1 saturated heterocycles. The summed E-state index contributed by atoms with van der Waals surface area (Å²) in [5.41, 5.74) is 0. The third-order valence-corrected chi connectivity index (χ3v) is 1.86. The van der Waals surface area contributed by atoms with Gasteiger partial charge in [-0.2, -0.15) is 0 Å². The zero-order valence-electron chi connectivity index (χ0n) is 6.71. The number of amides is 1. The SMILES string of the molecule is CC1CN(C(=O)O)CCCN1. The van der Waals surface area contributed by atoms with Crippen LogP contribution in [0.5, 0.6) is 0 Å². The number of carboxylic acid groups (broad SMARTS) is 1. The van der Waals surface area contributed by atoms with Crippen LogP contribution in [0.4, 0.5) is 4.79 Å². The van der Waals surface area contributed by atoms with Crippen LogP contribution in [0.1, 0.15) is 13.3 Å². The zero-order chi connectivity index (χ0) is 8.27. The highest BCUT2D eigenvalue weighted by atomic mass is 16.4. The van der Waals surface area contributed by atoms with Gasteiger partial charge in [-0.1, -0.05) is 0 Å². The number of hydrogen-bond acceptors (Lipinski definition) is 2. The summed E-state index contributed by atoms with van der Waals surface area (Å²) in [5.74, 6) is 0. The summed E-state index contributed by atoms with van der Waals surface area (Å²) < 4.78 is 0. The van der Waals surface area contributed by atoms with Gasteiger partial charge in [0.15, 0.2) is 0 Å². The van der Waals surface area contributed by atoms with Gasteiger partial charge >= 0.3 is 6.09 Å². The Hall–Kier alpha value is -0.770. The van der Waals surface area contributed by atoms with Crippen molar-refractivity contribution >= 4 is 6.09 Å². The molecule has 4 nitrogen and oxygen atoms in total. The minimum absolute atomic E-state index is 0.286. The molecule has 4 heteroatoms.